The van der Waals surface area contributed by atoms with E-state index in [9.17, 15) is 30.8 Å². The van der Waals surface area contributed by atoms with Crippen molar-refractivity contribution in [1.29, 1.82) is 0 Å². The van der Waals surface area contributed by atoms with Crippen LogP contribution in [0.4, 0.5) is 23.2 Å². The molecule has 4 aromatic rings. The average Bonchev–Trinajstić information content (AvgIpc) is 3.40. The normalized spacial score (nSPS) is 15.3. The van der Waals surface area contributed by atoms with Crippen molar-refractivity contribution in [2.24, 2.45) is 0 Å². The van der Waals surface area contributed by atoms with E-state index in [0.717, 1.165) is 22.0 Å². The third-order valence-corrected chi connectivity index (χ3v) is 8.93. The average molecular weight is 639 g/mol. The largest absolute Gasteiger partial charge is 0.416 e. The summed E-state index contributed by atoms with van der Waals surface area (Å²) < 4.78 is 81.7. The highest BCUT2D eigenvalue weighted by Gasteiger charge is 2.40. The summed E-state index contributed by atoms with van der Waals surface area (Å²) in [6, 6.07) is 13.6. The lowest BCUT2D eigenvalue weighted by molar-refractivity contribution is -0.137. The molecule has 0 spiro atoms. The molecule has 1 saturated heterocycles. The Kier molecular flexibility index (Phi) is 7.82. The molecular formula is C28H20Cl2F4N4O3S. The molecule has 0 aliphatic carbocycles. The zero-order valence-electron chi connectivity index (χ0n) is 21.6. The van der Waals surface area contributed by atoms with Crippen molar-refractivity contribution in [3.63, 3.8) is 0 Å². The first-order valence-corrected chi connectivity index (χ1v) is 14.3. The molecule has 42 heavy (non-hydrogen) atoms. The molecule has 3 aromatic carbocycles. The van der Waals surface area contributed by atoms with Crippen LogP contribution in [0.15, 0.2) is 66.9 Å². The van der Waals surface area contributed by atoms with E-state index in [-0.39, 0.29) is 18.7 Å². The molecule has 0 N–H and O–H groups in total. The standard InChI is InChI=1S/C28H20Cl2F4N4O3S/c1-36-27(39)16-38(42(36,40)41)21-8-2-17(3-9-21)14-37-15-25(22-10-7-20(29)13-23(22)30)35-26(37)11-5-18-4-6-19(12-24(18)31)28(32,33)34/h2-13,15H,14,16H2,1H3/b11-5+. The predicted molar refractivity (Wildman–Crippen MR) is 153 cm³/mol. The van der Waals surface area contributed by atoms with Crippen LogP contribution in [-0.2, 0) is 27.7 Å². The van der Waals surface area contributed by atoms with E-state index in [1.54, 1.807) is 53.2 Å². The van der Waals surface area contributed by atoms with Crippen molar-refractivity contribution in [2.45, 2.75) is 12.7 Å². The number of alkyl halides is 3. The van der Waals surface area contributed by atoms with Crippen LogP contribution >= 0.6 is 23.2 Å². The van der Waals surface area contributed by atoms with E-state index in [1.807, 2.05) is 0 Å². The van der Waals surface area contributed by atoms with Gasteiger partial charge >= 0.3 is 16.4 Å². The van der Waals surface area contributed by atoms with Crippen molar-refractivity contribution in [3.05, 3.63) is 105 Å². The number of amides is 1. The van der Waals surface area contributed by atoms with Gasteiger partial charge in [-0.2, -0.15) is 21.6 Å². The molecule has 218 valence electrons. The molecule has 0 radical (unpaired) electrons. The third kappa shape index (κ3) is 5.87. The Morgan fingerprint density at radius 1 is 1.00 bits per heavy atom. The van der Waals surface area contributed by atoms with Gasteiger partial charge in [-0.3, -0.25) is 4.79 Å². The zero-order valence-corrected chi connectivity index (χ0v) is 23.9. The Morgan fingerprint density at radius 3 is 2.31 bits per heavy atom. The lowest BCUT2D eigenvalue weighted by Crippen LogP contribution is -2.31. The number of likely N-dealkylation sites (N-methyl/N-ethyl adjacent to an activating group) is 1. The number of anilines is 1. The number of rotatable bonds is 6. The molecule has 1 aliphatic rings. The van der Waals surface area contributed by atoms with Crippen molar-refractivity contribution in [3.8, 4) is 11.3 Å². The Morgan fingerprint density at radius 2 is 1.71 bits per heavy atom. The maximum absolute atomic E-state index is 14.5. The summed E-state index contributed by atoms with van der Waals surface area (Å²) in [7, 11) is -2.76. The minimum absolute atomic E-state index is 0.0701. The van der Waals surface area contributed by atoms with Crippen LogP contribution in [0.2, 0.25) is 10.0 Å². The molecule has 2 heterocycles. The van der Waals surface area contributed by atoms with Crippen LogP contribution in [0.3, 0.4) is 0 Å². The van der Waals surface area contributed by atoms with E-state index in [0.29, 0.717) is 43.2 Å². The number of nitrogens with zero attached hydrogens (tertiary/aromatic N) is 4. The molecule has 1 amide bonds. The van der Waals surface area contributed by atoms with E-state index in [2.05, 4.69) is 4.98 Å². The predicted octanol–water partition coefficient (Wildman–Crippen LogP) is 6.76. The van der Waals surface area contributed by atoms with Crippen molar-refractivity contribution in [2.75, 3.05) is 17.9 Å². The highest BCUT2D eigenvalue weighted by molar-refractivity contribution is 7.91. The van der Waals surface area contributed by atoms with Gasteiger partial charge in [-0.15, -0.1) is 0 Å². The van der Waals surface area contributed by atoms with Crippen LogP contribution in [0.25, 0.3) is 23.4 Å². The van der Waals surface area contributed by atoms with Gasteiger partial charge in [-0.05, 0) is 60.2 Å². The summed E-state index contributed by atoms with van der Waals surface area (Å²) in [5.41, 5.74) is 0.910. The van der Waals surface area contributed by atoms with Gasteiger partial charge in [0.25, 0.3) is 5.91 Å². The van der Waals surface area contributed by atoms with Crippen LogP contribution in [-0.4, -0.2) is 41.8 Å². The number of carbonyl (C=O) groups is 1. The Hall–Kier alpha value is -3.87. The summed E-state index contributed by atoms with van der Waals surface area (Å²) in [5.74, 6) is -1.25. The number of halogens is 6. The van der Waals surface area contributed by atoms with Crippen molar-refractivity contribution in [1.82, 2.24) is 13.9 Å². The van der Waals surface area contributed by atoms with E-state index in [4.69, 9.17) is 23.2 Å². The van der Waals surface area contributed by atoms with E-state index in [1.165, 1.54) is 19.2 Å². The summed E-state index contributed by atoms with van der Waals surface area (Å²) in [6.45, 7) is -0.0698. The van der Waals surface area contributed by atoms with Gasteiger partial charge in [0.2, 0.25) is 0 Å². The summed E-state index contributed by atoms with van der Waals surface area (Å²) >= 11 is 12.4. The Labute approximate surface area is 248 Å². The van der Waals surface area contributed by atoms with Gasteiger partial charge < -0.3 is 4.57 Å². The molecule has 0 unspecified atom stereocenters. The minimum atomic E-state index is -4.67. The van der Waals surface area contributed by atoms with Crippen LogP contribution in [0.1, 0.15) is 22.5 Å². The number of aromatic nitrogens is 2. The topological polar surface area (TPSA) is 75.5 Å². The maximum Gasteiger partial charge on any atom is 0.416 e. The van der Waals surface area contributed by atoms with Crippen molar-refractivity contribution < 1.29 is 30.8 Å². The molecule has 1 aromatic heterocycles. The van der Waals surface area contributed by atoms with Gasteiger partial charge in [0.05, 0.1) is 22.0 Å². The van der Waals surface area contributed by atoms with Crippen LogP contribution in [0, 0.1) is 5.82 Å². The van der Waals surface area contributed by atoms with Crippen LogP contribution in [0.5, 0.6) is 0 Å². The molecule has 0 bridgehead atoms. The molecule has 7 nitrogen and oxygen atoms in total. The van der Waals surface area contributed by atoms with Gasteiger partial charge in [-0.25, -0.2) is 18.0 Å². The summed E-state index contributed by atoms with van der Waals surface area (Å²) in [6.07, 6.45) is -0.196. The number of hydrogen-bond acceptors (Lipinski definition) is 4. The number of imidazole rings is 1. The first-order chi connectivity index (χ1) is 19.7. The van der Waals surface area contributed by atoms with Gasteiger partial charge in [0.15, 0.2) is 0 Å². The van der Waals surface area contributed by atoms with E-state index >= 15 is 0 Å². The monoisotopic (exact) mass is 638 g/mol. The number of hydrogen-bond donors (Lipinski definition) is 0. The second kappa shape index (κ2) is 11.1. The SMILES string of the molecule is CN1C(=O)CN(c2ccc(Cn3cc(-c4ccc(Cl)cc4Cl)nc3/C=C/c3ccc(C(F)(F)F)cc3F)cc2)S1(=O)=O. The third-order valence-electron chi connectivity index (χ3n) is 6.59. The number of benzene rings is 3. The fraction of sp³-hybridized carbons (Fsp3) is 0.143. The fourth-order valence-corrected chi connectivity index (χ4v) is 6.07. The zero-order chi connectivity index (χ0) is 30.4. The van der Waals surface area contributed by atoms with E-state index < -0.39 is 33.7 Å². The molecule has 1 fully saturated rings. The van der Waals surface area contributed by atoms with Gasteiger partial charge in [-0.1, -0.05) is 41.4 Å². The lowest BCUT2D eigenvalue weighted by atomic mass is 10.1. The summed E-state index contributed by atoms with van der Waals surface area (Å²) in [5, 5.41) is 0.765. The molecule has 1 aliphatic heterocycles. The maximum atomic E-state index is 14.5. The highest BCUT2D eigenvalue weighted by atomic mass is 35.5. The molecular weight excluding hydrogens is 619 g/mol. The smallest absolute Gasteiger partial charge is 0.326 e. The second-order valence-corrected chi connectivity index (χ2v) is 12.1. The van der Waals surface area contributed by atoms with Gasteiger partial charge in [0.1, 0.15) is 18.2 Å². The molecule has 14 heteroatoms. The Bertz CT molecular complexity index is 1820. The van der Waals surface area contributed by atoms with Gasteiger partial charge in [0, 0.05) is 35.9 Å². The second-order valence-electron chi connectivity index (χ2n) is 9.35. The van der Waals surface area contributed by atoms with Crippen LogP contribution < -0.4 is 4.31 Å². The fourth-order valence-electron chi connectivity index (χ4n) is 4.29. The lowest BCUT2D eigenvalue weighted by Gasteiger charge is -2.17. The first-order valence-electron chi connectivity index (χ1n) is 12.2. The number of carbonyl (C=O) groups excluding carboxylic acids is 1. The Balaban J connectivity index is 1.48. The minimum Gasteiger partial charge on any atom is -0.326 e. The molecule has 0 atom stereocenters. The summed E-state index contributed by atoms with van der Waals surface area (Å²) in [4.78, 5) is 16.5. The highest BCUT2D eigenvalue weighted by Crippen LogP contribution is 2.32. The van der Waals surface area contributed by atoms with Crippen molar-refractivity contribution >= 4 is 57.2 Å². The molecule has 0 saturated carbocycles. The molecule has 5 rings (SSSR count). The quantitative estimate of drug-likeness (QED) is 0.219. The first kappa shape index (κ1) is 29.6.